The van der Waals surface area contributed by atoms with Gasteiger partial charge in [0.25, 0.3) is 0 Å². The highest BCUT2D eigenvalue weighted by Crippen LogP contribution is 2.26. The number of guanidine groups is 1. The molecular weight excluding hydrogens is 1030 g/mol. The van der Waals surface area contributed by atoms with E-state index in [-0.39, 0.29) is 74.0 Å². The van der Waals surface area contributed by atoms with Gasteiger partial charge in [0.2, 0.25) is 23.6 Å². The molecule has 0 fully saturated rings. The van der Waals surface area contributed by atoms with Crippen molar-refractivity contribution in [2.24, 2.45) is 63.4 Å². The maximum Gasteiger partial charge on any atom is 0.224 e. The number of phenols is 1. The van der Waals surface area contributed by atoms with Crippen molar-refractivity contribution in [3.05, 3.63) is 102 Å². The van der Waals surface area contributed by atoms with E-state index in [1.54, 1.807) is 26.0 Å². The van der Waals surface area contributed by atoms with Crippen LogP contribution in [0.15, 0.2) is 90.1 Å². The first-order valence-corrected chi connectivity index (χ1v) is 29.8. The summed E-state index contributed by atoms with van der Waals surface area (Å²) in [6.45, 7) is 10.1. The minimum atomic E-state index is -1.07. The number of hydrogen-bond donors (Lipinski definition) is 10. The molecule has 8 atom stereocenters. The Morgan fingerprint density at radius 2 is 1.24 bits per heavy atom. The van der Waals surface area contributed by atoms with Crippen LogP contribution in [0.25, 0.3) is 10.9 Å². The van der Waals surface area contributed by atoms with Gasteiger partial charge in [-0.15, -0.1) is 0 Å². The number of nitrogens with one attached hydrogen (secondary N) is 5. The number of ketones is 3. The largest absolute Gasteiger partial charge is 0.508 e. The predicted octanol–water partition coefficient (Wildman–Crippen LogP) is 5.80. The Labute approximate surface area is 477 Å². The number of aliphatic imine (C=N–C) groups is 1. The van der Waals surface area contributed by atoms with Gasteiger partial charge in [0.1, 0.15) is 5.75 Å². The number of nitrogens with zero attached hydrogens (tertiary/aromatic N) is 1. The van der Waals surface area contributed by atoms with E-state index in [1.807, 2.05) is 87.8 Å². The number of para-hydroxylation sites is 1. The Hall–Kier alpha value is -6.57. The molecular formula is C61H90N10O8S. The SMILES string of the molecule is CC[C@H](CCCCN)NC(=O)[C@@H](CC(=O)[C@H](CCSC)NC(=O)[C@@H](CC(=O)[C@@H](NC(=O)[C@@H](CC(=O)[C@H](Cc1ccccc1)NC(=O)[C@@H](CN)CCCN=C(N)N)Cc1ccc(O)cc1)C(C)C)C(C)C)Cc1c[nH]c2ccccc12. The van der Waals surface area contributed by atoms with Crippen molar-refractivity contribution in [3.8, 4) is 5.75 Å². The Morgan fingerprint density at radius 3 is 1.86 bits per heavy atom. The standard InChI is InChI=1S/C61H90N10O8S/c1-7-46(19-13-14-27-62)68-58(77)44(32-45-37-67-50-21-12-11-20-48(45)50)34-53(73)51(26-29-80-6)69-60(79)49(38(2)3)35-55(75)56(39(4)5)71-59(78)43(30-41-22-24-47(72)25-23-41)33-54(74)52(31-40-16-9-8-10-17-40)70-57(76)42(36-63)18-15-28-66-61(64)65/h8-12,16-17,20-25,37-39,42-44,46,49,51-52,56,67,72H,7,13-15,18-19,26-36,62-63H2,1-6H3,(H,68,77)(H,69,79)(H,70,76)(H,71,78)(H4,64,65,66)/t42-,43-,44-,46-,49+,51+,52+,56+/m1/s1. The van der Waals surface area contributed by atoms with Gasteiger partial charge < -0.3 is 54.3 Å². The molecule has 0 radical (unpaired) electrons. The van der Waals surface area contributed by atoms with Crippen LogP contribution in [-0.4, -0.2) is 113 Å². The van der Waals surface area contributed by atoms with E-state index in [4.69, 9.17) is 22.9 Å². The molecule has 14 N–H and O–H groups in total. The lowest BCUT2D eigenvalue weighted by Gasteiger charge is -2.29. The summed E-state index contributed by atoms with van der Waals surface area (Å²) in [4.78, 5) is 108. The van der Waals surface area contributed by atoms with Gasteiger partial charge in [-0.25, -0.2) is 0 Å². The molecule has 438 valence electrons. The zero-order valence-corrected chi connectivity index (χ0v) is 48.7. The molecule has 19 heteroatoms. The molecule has 0 bridgehead atoms. The highest BCUT2D eigenvalue weighted by Gasteiger charge is 2.37. The zero-order chi connectivity index (χ0) is 58.7. The van der Waals surface area contributed by atoms with Crippen LogP contribution < -0.4 is 44.2 Å². The fourth-order valence-electron chi connectivity index (χ4n) is 9.98. The number of benzene rings is 3. The average Bonchev–Trinajstić information content (AvgIpc) is 3.88. The molecule has 4 amide bonds. The first-order chi connectivity index (χ1) is 38.3. The summed E-state index contributed by atoms with van der Waals surface area (Å²) in [5.41, 5.74) is 26.0. The van der Waals surface area contributed by atoms with E-state index in [0.717, 1.165) is 41.3 Å². The first-order valence-electron chi connectivity index (χ1n) is 28.4. The molecule has 4 aromatic rings. The first kappa shape index (κ1) is 65.9. The molecule has 4 rings (SSSR count). The van der Waals surface area contributed by atoms with Gasteiger partial charge in [-0.1, -0.05) is 102 Å². The summed E-state index contributed by atoms with van der Waals surface area (Å²) in [6.07, 6.45) is 7.88. The van der Waals surface area contributed by atoms with Crippen LogP contribution in [0, 0.1) is 35.5 Å². The molecule has 0 aliphatic rings. The topological polar surface area (TPSA) is 320 Å². The fraction of sp³-hybridized carbons (Fsp3) is 0.541. The van der Waals surface area contributed by atoms with Gasteiger partial charge in [-0.2, -0.15) is 11.8 Å². The molecule has 0 spiro atoms. The number of aromatic amines is 1. The summed E-state index contributed by atoms with van der Waals surface area (Å²) in [7, 11) is 0. The van der Waals surface area contributed by atoms with Crippen molar-refractivity contribution < 1.29 is 38.7 Å². The Balaban J connectivity index is 1.57. The van der Waals surface area contributed by atoms with Crippen molar-refractivity contribution in [3.63, 3.8) is 0 Å². The number of rotatable bonds is 38. The summed E-state index contributed by atoms with van der Waals surface area (Å²) < 4.78 is 0. The van der Waals surface area contributed by atoms with E-state index in [0.29, 0.717) is 56.5 Å². The second kappa shape index (κ2) is 34.5. The van der Waals surface area contributed by atoms with Crippen LogP contribution in [0.4, 0.5) is 0 Å². The number of hydrogen-bond acceptors (Lipinski definition) is 12. The Morgan fingerprint density at radius 1 is 0.625 bits per heavy atom. The second-order valence-corrected chi connectivity index (χ2v) is 22.8. The molecule has 0 unspecified atom stereocenters. The van der Waals surface area contributed by atoms with Gasteiger partial charge >= 0.3 is 0 Å². The summed E-state index contributed by atoms with van der Waals surface area (Å²) in [5.74, 6) is -6.45. The fourth-order valence-corrected chi connectivity index (χ4v) is 10.5. The number of amides is 4. The monoisotopic (exact) mass is 1120 g/mol. The molecule has 80 heavy (non-hydrogen) atoms. The number of Topliss-reactive ketones (excluding diaryl/α,β-unsaturated/α-hetero) is 3. The summed E-state index contributed by atoms with van der Waals surface area (Å²) in [6, 6.07) is 20.1. The summed E-state index contributed by atoms with van der Waals surface area (Å²) >= 11 is 1.52. The molecule has 0 aliphatic heterocycles. The zero-order valence-electron chi connectivity index (χ0n) is 47.8. The van der Waals surface area contributed by atoms with Crippen LogP contribution in [0.1, 0.15) is 116 Å². The predicted molar refractivity (Wildman–Crippen MR) is 319 cm³/mol. The van der Waals surface area contributed by atoms with E-state index in [2.05, 4.69) is 31.2 Å². The molecule has 1 aromatic heterocycles. The number of unbranched alkanes of at least 4 members (excludes halogenated alkanes) is 1. The van der Waals surface area contributed by atoms with Gasteiger partial charge in [0, 0.05) is 73.2 Å². The van der Waals surface area contributed by atoms with Gasteiger partial charge in [-0.3, -0.25) is 38.6 Å². The smallest absolute Gasteiger partial charge is 0.224 e. The number of nitrogens with two attached hydrogens (primary N) is 4. The third-order valence-electron chi connectivity index (χ3n) is 14.9. The number of H-pyrrole nitrogens is 1. The molecule has 0 saturated carbocycles. The van der Waals surface area contributed by atoms with Gasteiger partial charge in [0.05, 0.1) is 24.0 Å². The number of carbonyl (C=O) groups excluding carboxylic acids is 7. The number of carbonyl (C=O) groups is 7. The van der Waals surface area contributed by atoms with E-state index >= 15 is 0 Å². The number of aromatic hydroxyl groups is 1. The molecule has 0 saturated heterocycles. The number of aromatic nitrogens is 1. The third kappa shape index (κ3) is 21.8. The van der Waals surface area contributed by atoms with Gasteiger partial charge in [0.15, 0.2) is 23.3 Å². The van der Waals surface area contributed by atoms with E-state index in [9.17, 15) is 38.7 Å². The number of fused-ring (bicyclic) bond motifs is 1. The maximum atomic E-state index is 14.7. The minimum absolute atomic E-state index is 0.0103. The van der Waals surface area contributed by atoms with Crippen LogP contribution in [-0.2, 0) is 52.8 Å². The summed E-state index contributed by atoms with van der Waals surface area (Å²) in [5, 5.41) is 23.1. The van der Waals surface area contributed by atoms with Crippen LogP contribution in [0.5, 0.6) is 5.75 Å². The lowest BCUT2D eigenvalue weighted by atomic mass is 9.84. The molecule has 3 aromatic carbocycles. The molecule has 1 heterocycles. The van der Waals surface area contributed by atoms with Crippen LogP contribution in [0.3, 0.4) is 0 Å². The maximum absolute atomic E-state index is 14.7. The second-order valence-electron chi connectivity index (χ2n) is 21.8. The lowest BCUT2D eigenvalue weighted by Crippen LogP contribution is -2.51. The van der Waals surface area contributed by atoms with Crippen LogP contribution in [0.2, 0.25) is 0 Å². The van der Waals surface area contributed by atoms with Crippen molar-refractivity contribution in [1.82, 2.24) is 26.3 Å². The van der Waals surface area contributed by atoms with E-state index in [1.165, 1.54) is 23.9 Å². The minimum Gasteiger partial charge on any atom is -0.508 e. The Kier molecular flexibility index (Phi) is 28.5. The van der Waals surface area contributed by atoms with Crippen molar-refractivity contribution in [1.29, 1.82) is 0 Å². The van der Waals surface area contributed by atoms with Gasteiger partial charge in [-0.05, 0) is 123 Å². The van der Waals surface area contributed by atoms with E-state index < -0.39 is 77.0 Å². The Bertz CT molecular complexity index is 2620. The lowest BCUT2D eigenvalue weighted by molar-refractivity contribution is -0.137. The molecule has 0 aliphatic carbocycles. The van der Waals surface area contributed by atoms with Crippen LogP contribution >= 0.6 is 11.8 Å². The molecule has 18 nitrogen and oxygen atoms in total. The highest BCUT2D eigenvalue weighted by atomic mass is 32.2. The highest BCUT2D eigenvalue weighted by molar-refractivity contribution is 7.98. The van der Waals surface area contributed by atoms with Crippen molar-refractivity contribution >= 4 is 69.6 Å². The van der Waals surface area contributed by atoms with Crippen molar-refractivity contribution in [2.45, 2.75) is 142 Å². The quantitative estimate of drug-likeness (QED) is 0.0144. The number of phenolic OH excluding ortho intramolecular Hbond substituents is 1. The van der Waals surface area contributed by atoms with Crippen molar-refractivity contribution in [2.75, 3.05) is 31.6 Å². The normalized spacial score (nSPS) is 14.5. The average molecular weight is 1120 g/mol. The number of thioether (sulfide) groups is 1. The third-order valence-corrected chi connectivity index (χ3v) is 15.5.